The standard InChI is InChI=1S/C11H18ClN3O/c1-8-5-9(12)14-10(13-8)6-15(4)7-11(2,3)16/h5,16H,6-7H2,1-4H3. The van der Waals surface area contributed by atoms with E-state index in [4.69, 9.17) is 11.6 Å². The highest BCUT2D eigenvalue weighted by molar-refractivity contribution is 6.29. The predicted molar refractivity (Wildman–Crippen MR) is 64.4 cm³/mol. The van der Waals surface area contributed by atoms with E-state index in [1.807, 2.05) is 18.9 Å². The summed E-state index contributed by atoms with van der Waals surface area (Å²) in [4.78, 5) is 10.4. The van der Waals surface area contributed by atoms with Gasteiger partial charge in [-0.25, -0.2) is 9.97 Å². The molecule has 1 rings (SSSR count). The van der Waals surface area contributed by atoms with Crippen molar-refractivity contribution in [1.82, 2.24) is 14.9 Å². The van der Waals surface area contributed by atoms with E-state index in [0.29, 0.717) is 24.1 Å². The second-order valence-corrected chi connectivity index (χ2v) is 5.12. The molecule has 0 radical (unpaired) electrons. The number of aryl methyl sites for hydroxylation is 1. The molecule has 0 saturated carbocycles. The van der Waals surface area contributed by atoms with Gasteiger partial charge in [0.1, 0.15) is 11.0 Å². The molecule has 0 saturated heterocycles. The normalized spacial score (nSPS) is 12.2. The average molecular weight is 244 g/mol. The third-order valence-electron chi connectivity index (χ3n) is 1.94. The Hall–Kier alpha value is -0.710. The smallest absolute Gasteiger partial charge is 0.144 e. The molecule has 0 aromatic carbocycles. The van der Waals surface area contributed by atoms with Crippen LogP contribution in [0.25, 0.3) is 0 Å². The number of rotatable bonds is 4. The van der Waals surface area contributed by atoms with Gasteiger partial charge in [-0.2, -0.15) is 0 Å². The van der Waals surface area contributed by atoms with Crippen LogP contribution in [0.5, 0.6) is 0 Å². The van der Waals surface area contributed by atoms with Gasteiger partial charge in [0.15, 0.2) is 0 Å². The molecule has 16 heavy (non-hydrogen) atoms. The van der Waals surface area contributed by atoms with E-state index in [1.165, 1.54) is 0 Å². The minimum absolute atomic E-state index is 0.458. The molecule has 0 unspecified atom stereocenters. The molecule has 90 valence electrons. The molecule has 5 heteroatoms. The van der Waals surface area contributed by atoms with Crippen molar-refractivity contribution in [3.63, 3.8) is 0 Å². The quantitative estimate of drug-likeness (QED) is 0.817. The minimum Gasteiger partial charge on any atom is -0.389 e. The SMILES string of the molecule is Cc1cc(Cl)nc(CN(C)CC(C)(C)O)n1. The molecule has 1 aromatic heterocycles. The lowest BCUT2D eigenvalue weighted by molar-refractivity contribution is 0.0418. The highest BCUT2D eigenvalue weighted by atomic mass is 35.5. The van der Waals surface area contributed by atoms with Crippen LogP contribution in [0.3, 0.4) is 0 Å². The first-order valence-electron chi connectivity index (χ1n) is 5.17. The Morgan fingerprint density at radius 1 is 1.44 bits per heavy atom. The lowest BCUT2D eigenvalue weighted by Crippen LogP contribution is -2.36. The summed E-state index contributed by atoms with van der Waals surface area (Å²) in [5.41, 5.74) is 0.134. The summed E-state index contributed by atoms with van der Waals surface area (Å²) in [6, 6.07) is 1.72. The Bertz CT molecular complexity index is 342. The van der Waals surface area contributed by atoms with Crippen LogP contribution in [0.1, 0.15) is 25.4 Å². The van der Waals surface area contributed by atoms with E-state index in [9.17, 15) is 5.11 Å². The maximum atomic E-state index is 9.67. The molecule has 0 aliphatic carbocycles. The maximum Gasteiger partial charge on any atom is 0.144 e. The minimum atomic E-state index is -0.720. The van der Waals surface area contributed by atoms with Gasteiger partial charge in [0, 0.05) is 12.2 Å². The number of hydrogen-bond acceptors (Lipinski definition) is 4. The summed E-state index contributed by atoms with van der Waals surface area (Å²) in [6.45, 7) is 6.56. The molecule has 1 N–H and O–H groups in total. The zero-order chi connectivity index (χ0) is 12.3. The monoisotopic (exact) mass is 243 g/mol. The Kier molecular flexibility index (Phi) is 4.24. The fourth-order valence-corrected chi connectivity index (χ4v) is 1.87. The molecule has 0 aliphatic heterocycles. The first-order chi connectivity index (χ1) is 7.26. The molecule has 0 amide bonds. The predicted octanol–water partition coefficient (Wildman–Crippen LogP) is 1.64. The van der Waals surface area contributed by atoms with E-state index < -0.39 is 5.60 Å². The first kappa shape index (κ1) is 13.4. The van der Waals surface area contributed by atoms with Gasteiger partial charge in [0.25, 0.3) is 0 Å². The summed E-state index contributed by atoms with van der Waals surface area (Å²) in [6.07, 6.45) is 0. The zero-order valence-corrected chi connectivity index (χ0v) is 10.9. The highest BCUT2D eigenvalue weighted by Crippen LogP contribution is 2.09. The number of aliphatic hydroxyl groups is 1. The second-order valence-electron chi connectivity index (χ2n) is 4.73. The van der Waals surface area contributed by atoms with Crippen molar-refractivity contribution >= 4 is 11.6 Å². The molecule has 0 aliphatic rings. The van der Waals surface area contributed by atoms with Crippen molar-refractivity contribution in [2.45, 2.75) is 32.9 Å². The van der Waals surface area contributed by atoms with Gasteiger partial charge >= 0.3 is 0 Å². The Morgan fingerprint density at radius 3 is 2.56 bits per heavy atom. The summed E-state index contributed by atoms with van der Waals surface area (Å²) in [5.74, 6) is 0.678. The summed E-state index contributed by atoms with van der Waals surface area (Å²) in [7, 11) is 1.91. The fraction of sp³-hybridized carbons (Fsp3) is 0.636. The fourth-order valence-electron chi connectivity index (χ4n) is 1.62. The van der Waals surface area contributed by atoms with E-state index in [1.54, 1.807) is 19.9 Å². The number of likely N-dealkylation sites (N-methyl/N-ethyl adjacent to an activating group) is 1. The Morgan fingerprint density at radius 2 is 2.06 bits per heavy atom. The van der Waals surface area contributed by atoms with Crippen molar-refractivity contribution in [3.05, 3.63) is 22.7 Å². The molecule has 1 heterocycles. The molecular formula is C11H18ClN3O. The van der Waals surface area contributed by atoms with Crippen LogP contribution in [0, 0.1) is 6.92 Å². The van der Waals surface area contributed by atoms with Crippen LogP contribution in [-0.4, -0.2) is 39.2 Å². The summed E-state index contributed by atoms with van der Waals surface area (Å²) < 4.78 is 0. The molecule has 0 fully saturated rings. The third kappa shape index (κ3) is 4.88. The van der Waals surface area contributed by atoms with Crippen LogP contribution >= 0.6 is 11.6 Å². The van der Waals surface area contributed by atoms with Crippen molar-refractivity contribution < 1.29 is 5.11 Å². The van der Waals surface area contributed by atoms with Crippen LogP contribution in [0.4, 0.5) is 0 Å². The molecule has 0 atom stereocenters. The van der Waals surface area contributed by atoms with Crippen molar-refractivity contribution in [2.24, 2.45) is 0 Å². The van der Waals surface area contributed by atoms with E-state index >= 15 is 0 Å². The van der Waals surface area contributed by atoms with Crippen molar-refractivity contribution in [2.75, 3.05) is 13.6 Å². The molecule has 0 bridgehead atoms. The molecule has 0 spiro atoms. The number of halogens is 1. The van der Waals surface area contributed by atoms with E-state index in [0.717, 1.165) is 5.69 Å². The Labute approximate surface area is 101 Å². The van der Waals surface area contributed by atoms with E-state index in [2.05, 4.69) is 9.97 Å². The van der Waals surface area contributed by atoms with Gasteiger partial charge in [0.2, 0.25) is 0 Å². The number of aromatic nitrogens is 2. The zero-order valence-electron chi connectivity index (χ0n) is 10.2. The van der Waals surface area contributed by atoms with Crippen LogP contribution in [0.2, 0.25) is 5.15 Å². The second kappa shape index (κ2) is 5.08. The van der Waals surface area contributed by atoms with Gasteiger partial charge < -0.3 is 5.11 Å². The van der Waals surface area contributed by atoms with Crippen LogP contribution < -0.4 is 0 Å². The highest BCUT2D eigenvalue weighted by Gasteiger charge is 2.16. The molecule has 1 aromatic rings. The number of hydrogen-bond donors (Lipinski definition) is 1. The maximum absolute atomic E-state index is 9.67. The van der Waals surface area contributed by atoms with E-state index in [-0.39, 0.29) is 0 Å². The number of nitrogens with zero attached hydrogens (tertiary/aromatic N) is 3. The van der Waals surface area contributed by atoms with Crippen molar-refractivity contribution in [3.8, 4) is 0 Å². The van der Waals surface area contributed by atoms with Gasteiger partial charge in [0.05, 0.1) is 12.1 Å². The first-order valence-corrected chi connectivity index (χ1v) is 5.55. The largest absolute Gasteiger partial charge is 0.389 e. The van der Waals surface area contributed by atoms with Crippen LogP contribution in [-0.2, 0) is 6.54 Å². The van der Waals surface area contributed by atoms with Gasteiger partial charge in [-0.1, -0.05) is 11.6 Å². The summed E-state index contributed by atoms with van der Waals surface area (Å²) >= 11 is 5.85. The van der Waals surface area contributed by atoms with Gasteiger partial charge in [-0.05, 0) is 33.9 Å². The Balaban J connectivity index is 2.66. The van der Waals surface area contributed by atoms with Gasteiger partial charge in [-0.15, -0.1) is 0 Å². The molecular weight excluding hydrogens is 226 g/mol. The lowest BCUT2D eigenvalue weighted by Gasteiger charge is -2.24. The average Bonchev–Trinajstić information content (AvgIpc) is 1.96. The summed E-state index contributed by atoms with van der Waals surface area (Å²) in [5, 5.41) is 10.1. The molecule has 4 nitrogen and oxygen atoms in total. The lowest BCUT2D eigenvalue weighted by atomic mass is 10.1. The van der Waals surface area contributed by atoms with Crippen molar-refractivity contribution in [1.29, 1.82) is 0 Å². The van der Waals surface area contributed by atoms with Crippen LogP contribution in [0.15, 0.2) is 6.07 Å². The topological polar surface area (TPSA) is 49.2 Å². The van der Waals surface area contributed by atoms with Gasteiger partial charge in [-0.3, -0.25) is 4.90 Å². The third-order valence-corrected chi connectivity index (χ3v) is 2.13.